The molecule has 0 spiro atoms. The van der Waals surface area contributed by atoms with Crippen molar-refractivity contribution in [2.45, 2.75) is 0 Å². The molecule has 0 atom stereocenters. The summed E-state index contributed by atoms with van der Waals surface area (Å²) in [6.45, 7) is 0. The van der Waals surface area contributed by atoms with Gasteiger partial charge >= 0.3 is 57.4 Å². The maximum absolute atomic E-state index is 10.8. The van der Waals surface area contributed by atoms with Crippen molar-refractivity contribution in [1.82, 2.24) is 9.97 Å². The summed E-state index contributed by atoms with van der Waals surface area (Å²) in [6.07, 6.45) is 0. The Morgan fingerprint density at radius 2 is 1.72 bits per heavy atom. The third kappa shape index (κ3) is 3.99. The van der Waals surface area contributed by atoms with Crippen LogP contribution in [-0.4, -0.2) is 72.4 Å². The van der Waals surface area contributed by atoms with Gasteiger partial charge in [0.05, 0.1) is 5.69 Å². The van der Waals surface area contributed by atoms with Crippen molar-refractivity contribution in [1.29, 1.82) is 0 Å². The Hall–Kier alpha value is -0.0136. The van der Waals surface area contributed by atoms with E-state index in [9.17, 15) is 4.79 Å². The first-order valence-corrected chi connectivity index (χ1v) is 5.35. The van der Waals surface area contributed by atoms with Gasteiger partial charge in [0, 0.05) is 10.6 Å². The third-order valence-corrected chi connectivity index (χ3v) is 2.48. The Labute approximate surface area is 156 Å². The van der Waals surface area contributed by atoms with Gasteiger partial charge in [-0.1, -0.05) is 23.7 Å². The van der Waals surface area contributed by atoms with Crippen molar-refractivity contribution in [3.63, 3.8) is 0 Å². The van der Waals surface area contributed by atoms with Gasteiger partial charge in [0.2, 0.25) is 5.28 Å². The first kappa shape index (κ1) is 16.0. The number of aromatic nitrogens is 2. The molecule has 1 aromatic heterocycles. The molecule has 0 aliphatic rings. The summed E-state index contributed by atoms with van der Waals surface area (Å²) in [5.41, 5.74) is 1.02. The van der Waals surface area contributed by atoms with Crippen LogP contribution in [0.25, 0.3) is 11.3 Å². The molecule has 7 heteroatoms. The number of rotatable bonds is 2. The van der Waals surface area contributed by atoms with Gasteiger partial charge in [-0.05, 0) is 29.8 Å². The van der Waals surface area contributed by atoms with E-state index in [1.165, 1.54) is 6.07 Å². The number of carbonyl (C=O) groups is 1. The molecule has 0 radical (unpaired) electrons. The molecule has 0 saturated heterocycles. The summed E-state index contributed by atoms with van der Waals surface area (Å²) in [7, 11) is 0. The summed E-state index contributed by atoms with van der Waals surface area (Å²) in [4.78, 5) is 18.4. The van der Waals surface area contributed by atoms with Crippen LogP contribution in [0.1, 0.15) is 10.5 Å². The van der Waals surface area contributed by atoms with E-state index in [0.29, 0.717) is 10.7 Å². The van der Waals surface area contributed by atoms with Crippen LogP contribution in [-0.2, 0) is 0 Å². The first-order valence-electron chi connectivity index (χ1n) is 4.60. The normalized spacial score (nSPS) is 9.67. The van der Waals surface area contributed by atoms with Crippen LogP contribution in [0.4, 0.5) is 0 Å². The van der Waals surface area contributed by atoms with Crippen LogP contribution in [0, 0.1) is 0 Å². The van der Waals surface area contributed by atoms with Crippen LogP contribution in [0.5, 0.6) is 0 Å². The van der Waals surface area contributed by atoms with Crippen molar-refractivity contribution in [2.24, 2.45) is 0 Å². The molecule has 0 fully saturated rings. The van der Waals surface area contributed by atoms with Gasteiger partial charge in [-0.3, -0.25) is 0 Å². The molecular formula is C11H7Cl2KN2O2. The third-order valence-electron chi connectivity index (χ3n) is 2.06. The monoisotopic (exact) mass is 308 g/mol. The van der Waals surface area contributed by atoms with Crippen LogP contribution in [0.2, 0.25) is 10.3 Å². The SMILES string of the molecule is O=C(O)c1cc(-c2ccc(Cl)cc2)nc(Cl)n1.[KH]. The fraction of sp³-hybridized carbons (Fsp3) is 0. The topological polar surface area (TPSA) is 63.1 Å². The summed E-state index contributed by atoms with van der Waals surface area (Å²) >= 11 is 11.4. The predicted molar refractivity (Wildman–Crippen MR) is 71.6 cm³/mol. The molecule has 0 unspecified atom stereocenters. The Morgan fingerprint density at radius 1 is 1.11 bits per heavy atom. The first-order chi connectivity index (χ1) is 8.06. The molecular weight excluding hydrogens is 302 g/mol. The maximum atomic E-state index is 10.8. The van der Waals surface area contributed by atoms with Crippen LogP contribution in [0.15, 0.2) is 30.3 Å². The summed E-state index contributed by atoms with van der Waals surface area (Å²) in [5, 5.41) is 9.34. The Balaban J connectivity index is 0.00000162. The second-order valence-electron chi connectivity index (χ2n) is 3.22. The summed E-state index contributed by atoms with van der Waals surface area (Å²) in [5.74, 6) is -1.15. The average Bonchev–Trinajstić information content (AvgIpc) is 2.29. The number of hydrogen-bond donors (Lipinski definition) is 1. The Kier molecular flexibility index (Phi) is 6.20. The number of carboxylic acids is 1. The van der Waals surface area contributed by atoms with E-state index in [1.807, 2.05) is 0 Å². The van der Waals surface area contributed by atoms with E-state index in [0.717, 1.165) is 5.56 Å². The zero-order chi connectivity index (χ0) is 12.4. The fourth-order valence-electron chi connectivity index (χ4n) is 1.30. The number of halogens is 2. The molecule has 0 saturated carbocycles. The van der Waals surface area contributed by atoms with Crippen molar-refractivity contribution >= 4 is 80.6 Å². The minimum atomic E-state index is -1.15. The van der Waals surface area contributed by atoms with Crippen LogP contribution < -0.4 is 0 Å². The van der Waals surface area contributed by atoms with Crippen molar-refractivity contribution in [3.05, 3.63) is 46.3 Å². The van der Waals surface area contributed by atoms with E-state index >= 15 is 0 Å². The fourth-order valence-corrected chi connectivity index (χ4v) is 1.60. The molecule has 0 amide bonds. The molecule has 4 nitrogen and oxygen atoms in total. The average molecular weight is 309 g/mol. The minimum absolute atomic E-state index is 0. The Bertz CT molecular complexity index is 576. The summed E-state index contributed by atoms with van der Waals surface area (Å²) in [6, 6.07) is 8.19. The predicted octanol–water partition coefficient (Wildman–Crippen LogP) is 2.50. The van der Waals surface area contributed by atoms with Crippen molar-refractivity contribution in [3.8, 4) is 11.3 Å². The van der Waals surface area contributed by atoms with Crippen molar-refractivity contribution < 1.29 is 9.90 Å². The molecule has 88 valence electrons. The van der Waals surface area contributed by atoms with Gasteiger partial charge in [0.1, 0.15) is 0 Å². The van der Waals surface area contributed by atoms with Crippen LogP contribution >= 0.6 is 23.2 Å². The van der Waals surface area contributed by atoms with Crippen molar-refractivity contribution in [2.75, 3.05) is 0 Å². The van der Waals surface area contributed by atoms with Gasteiger partial charge in [-0.25, -0.2) is 14.8 Å². The molecule has 0 aliphatic carbocycles. The standard InChI is InChI=1S/C11H6Cl2N2O2.K.H/c12-7-3-1-6(2-4-7)8-5-9(10(16)17)15-11(13)14-8;;/h1-5H,(H,16,17);;. The molecule has 2 aromatic rings. The van der Waals surface area contributed by atoms with E-state index in [-0.39, 0.29) is 62.4 Å². The number of nitrogens with zero attached hydrogens (tertiary/aromatic N) is 2. The van der Waals surface area contributed by atoms with E-state index < -0.39 is 5.97 Å². The van der Waals surface area contributed by atoms with Gasteiger partial charge in [-0.15, -0.1) is 0 Å². The number of carboxylic acid groups (broad SMARTS) is 1. The molecule has 0 aliphatic heterocycles. The second-order valence-corrected chi connectivity index (χ2v) is 3.99. The van der Waals surface area contributed by atoms with Crippen LogP contribution in [0.3, 0.4) is 0 Å². The molecule has 1 N–H and O–H groups in total. The number of hydrogen-bond acceptors (Lipinski definition) is 3. The second kappa shape index (κ2) is 6.95. The van der Waals surface area contributed by atoms with E-state index in [4.69, 9.17) is 28.3 Å². The molecule has 0 bridgehead atoms. The van der Waals surface area contributed by atoms with Gasteiger partial charge in [-0.2, -0.15) is 0 Å². The van der Waals surface area contributed by atoms with Gasteiger partial charge in [0.15, 0.2) is 5.69 Å². The number of aromatic carboxylic acids is 1. The quantitative estimate of drug-likeness (QED) is 0.684. The molecule has 18 heavy (non-hydrogen) atoms. The summed E-state index contributed by atoms with van der Waals surface area (Å²) < 4.78 is 0. The number of benzene rings is 1. The molecule has 1 heterocycles. The van der Waals surface area contributed by atoms with E-state index in [1.54, 1.807) is 24.3 Å². The zero-order valence-corrected chi connectivity index (χ0v) is 9.90. The van der Waals surface area contributed by atoms with E-state index in [2.05, 4.69) is 9.97 Å². The van der Waals surface area contributed by atoms with Gasteiger partial charge < -0.3 is 5.11 Å². The zero-order valence-electron chi connectivity index (χ0n) is 8.39. The Morgan fingerprint density at radius 3 is 2.28 bits per heavy atom. The molecule has 2 rings (SSSR count). The van der Waals surface area contributed by atoms with Gasteiger partial charge in [0.25, 0.3) is 0 Å². The molecule has 1 aromatic carbocycles.